The predicted octanol–water partition coefficient (Wildman–Crippen LogP) is 5.37. The summed E-state index contributed by atoms with van der Waals surface area (Å²) in [7, 11) is 1.49. The van der Waals surface area contributed by atoms with Crippen LogP contribution in [0.1, 0.15) is 51.5 Å². The van der Waals surface area contributed by atoms with Crippen molar-refractivity contribution in [3.05, 3.63) is 72.4 Å². The van der Waals surface area contributed by atoms with Crippen LogP contribution >= 0.6 is 22.6 Å². The maximum atomic E-state index is 13.7. The Labute approximate surface area is 258 Å². The molecule has 0 aromatic heterocycles. The van der Waals surface area contributed by atoms with Gasteiger partial charge in [0.05, 0.1) is 45.8 Å². The lowest BCUT2D eigenvalue weighted by Crippen LogP contribution is -2.39. The zero-order valence-corrected chi connectivity index (χ0v) is 25.9. The van der Waals surface area contributed by atoms with Crippen molar-refractivity contribution in [3.63, 3.8) is 0 Å². The molecule has 1 saturated heterocycles. The lowest BCUT2D eigenvalue weighted by Gasteiger charge is -2.36. The van der Waals surface area contributed by atoms with E-state index in [1.165, 1.54) is 31.4 Å². The van der Waals surface area contributed by atoms with Crippen LogP contribution in [-0.4, -0.2) is 51.9 Å². The second-order valence-corrected chi connectivity index (χ2v) is 11.8. The molecule has 2 aliphatic rings. The highest BCUT2D eigenvalue weighted by atomic mass is 127. The number of fused-ring (bicyclic) bond motifs is 1. The fraction of sp³-hybridized carbons (Fsp3) is 0.419. The number of nitrogens with zero attached hydrogens (tertiary/aromatic N) is 2. The number of hydrogen-bond acceptors (Lipinski definition) is 8. The third kappa shape index (κ3) is 6.09. The number of aliphatic hydroxyl groups is 2. The van der Waals surface area contributed by atoms with Gasteiger partial charge in [0.25, 0.3) is 5.69 Å². The Bertz CT molecular complexity index is 1450. The quantitative estimate of drug-likeness (QED) is 0.0937. The first-order valence-corrected chi connectivity index (χ1v) is 15.0. The summed E-state index contributed by atoms with van der Waals surface area (Å²) in [6.45, 7) is 3.53. The molecule has 0 spiro atoms. The monoisotopic (exact) mass is 690 g/mol. The van der Waals surface area contributed by atoms with Crippen molar-refractivity contribution in [1.82, 2.24) is 0 Å². The van der Waals surface area contributed by atoms with E-state index in [0.29, 0.717) is 34.2 Å². The Balaban J connectivity index is 1.59. The van der Waals surface area contributed by atoms with E-state index in [1.54, 1.807) is 6.07 Å². The Hall–Kier alpha value is -3.29. The van der Waals surface area contributed by atoms with Crippen molar-refractivity contribution in [2.24, 2.45) is 17.8 Å². The number of halogens is 1. The lowest BCUT2D eigenvalue weighted by molar-refractivity contribution is -0.384. The van der Waals surface area contributed by atoms with E-state index in [-0.39, 0.29) is 23.5 Å². The van der Waals surface area contributed by atoms with Crippen LogP contribution in [0.3, 0.4) is 0 Å². The van der Waals surface area contributed by atoms with E-state index >= 15 is 0 Å². The molecule has 1 aliphatic carbocycles. The van der Waals surface area contributed by atoms with Crippen molar-refractivity contribution in [3.8, 4) is 11.5 Å². The van der Waals surface area contributed by atoms with Crippen molar-refractivity contribution in [2.45, 2.75) is 52.1 Å². The molecule has 10 nitrogen and oxygen atoms in total. The minimum Gasteiger partial charge on any atom is -0.504 e. The zero-order chi connectivity index (χ0) is 30.7. The number of rotatable bonds is 11. The Morgan fingerprint density at radius 2 is 1.98 bits per heavy atom. The SMILES string of the molecule is CCC1=C([C@H](O)CC/C(=C/c2cc(I)c(O)c(OC)c2)CC)[C@H](CO)[C@@H]2C(=O)N(c3cccc([N+](=O)[O-])c3)C(=O)[C@@H]2C1. The number of non-ortho nitro benzene ring substituents is 1. The van der Waals surface area contributed by atoms with Gasteiger partial charge in [0.2, 0.25) is 11.8 Å². The van der Waals surface area contributed by atoms with Gasteiger partial charge in [-0.05, 0) is 84.0 Å². The standard InChI is InChI=1S/C31H35IN2O8/c1-4-17(11-18-12-24(32)29(37)26(13-18)42-3)9-10-25(36)27-19(5-2)14-22-28(23(27)16-35)31(39)33(30(22)38)20-7-6-8-21(15-20)34(40)41/h6-8,11-13,15,22-23,25,28,35-37H,4-5,9-10,14,16H2,1-3H3/b17-11+/t22-,23+,25-,28-/m1/s1. The number of aromatic hydroxyl groups is 1. The molecule has 2 aromatic carbocycles. The van der Waals surface area contributed by atoms with Gasteiger partial charge in [-0.15, -0.1) is 0 Å². The molecule has 0 unspecified atom stereocenters. The molecule has 1 heterocycles. The number of phenols is 1. The molecule has 224 valence electrons. The fourth-order valence-corrected chi connectivity index (χ4v) is 6.82. The van der Waals surface area contributed by atoms with Gasteiger partial charge in [-0.2, -0.15) is 0 Å². The van der Waals surface area contributed by atoms with E-state index in [2.05, 4.69) is 0 Å². The third-order valence-electron chi connectivity index (χ3n) is 8.30. The summed E-state index contributed by atoms with van der Waals surface area (Å²) in [6.07, 6.45) is 3.53. The Morgan fingerprint density at radius 3 is 2.60 bits per heavy atom. The Kier molecular flexibility index (Phi) is 10.1. The van der Waals surface area contributed by atoms with E-state index in [0.717, 1.165) is 28.0 Å². The number of nitro groups is 1. The number of carbonyl (C=O) groups excluding carboxylic acids is 2. The molecule has 0 radical (unpaired) electrons. The lowest BCUT2D eigenvalue weighted by atomic mass is 9.67. The summed E-state index contributed by atoms with van der Waals surface area (Å²) < 4.78 is 5.93. The van der Waals surface area contributed by atoms with Gasteiger partial charge in [-0.1, -0.05) is 37.1 Å². The van der Waals surface area contributed by atoms with Crippen LogP contribution < -0.4 is 9.64 Å². The number of imide groups is 1. The number of methoxy groups -OCH3 is 1. The van der Waals surface area contributed by atoms with Crippen LogP contribution in [-0.2, 0) is 9.59 Å². The van der Waals surface area contributed by atoms with Crippen LogP contribution in [0.2, 0.25) is 0 Å². The number of allylic oxidation sites excluding steroid dienone is 2. The molecule has 1 fully saturated rings. The minimum absolute atomic E-state index is 0.0809. The van der Waals surface area contributed by atoms with Crippen LogP contribution in [0.4, 0.5) is 11.4 Å². The van der Waals surface area contributed by atoms with E-state index in [9.17, 15) is 35.0 Å². The third-order valence-corrected chi connectivity index (χ3v) is 9.12. The normalized spacial score (nSPS) is 21.5. The summed E-state index contributed by atoms with van der Waals surface area (Å²) >= 11 is 2.04. The molecule has 4 rings (SSSR count). The summed E-state index contributed by atoms with van der Waals surface area (Å²) in [5, 5.41) is 43.4. The highest BCUT2D eigenvalue weighted by molar-refractivity contribution is 14.1. The Morgan fingerprint density at radius 1 is 1.24 bits per heavy atom. The molecule has 0 bridgehead atoms. The first-order chi connectivity index (χ1) is 20.1. The van der Waals surface area contributed by atoms with Crippen molar-refractivity contribution in [2.75, 3.05) is 18.6 Å². The van der Waals surface area contributed by atoms with Crippen LogP contribution in [0.25, 0.3) is 6.08 Å². The van der Waals surface area contributed by atoms with Gasteiger partial charge in [0, 0.05) is 18.1 Å². The van der Waals surface area contributed by atoms with Gasteiger partial charge in [-0.3, -0.25) is 19.7 Å². The largest absolute Gasteiger partial charge is 0.504 e. The number of carbonyl (C=O) groups is 2. The average Bonchev–Trinajstić information content (AvgIpc) is 3.24. The summed E-state index contributed by atoms with van der Waals surface area (Å²) in [4.78, 5) is 38.9. The van der Waals surface area contributed by atoms with Crippen molar-refractivity contribution in [1.29, 1.82) is 0 Å². The average molecular weight is 691 g/mol. The van der Waals surface area contributed by atoms with Crippen molar-refractivity contribution >= 4 is 51.9 Å². The minimum atomic E-state index is -0.933. The molecule has 0 saturated carbocycles. The summed E-state index contributed by atoms with van der Waals surface area (Å²) in [5.41, 5.74) is 3.28. The predicted molar refractivity (Wildman–Crippen MR) is 166 cm³/mol. The number of aliphatic hydroxyl groups excluding tert-OH is 2. The highest BCUT2D eigenvalue weighted by Crippen LogP contribution is 2.48. The van der Waals surface area contributed by atoms with E-state index < -0.39 is 47.2 Å². The second kappa shape index (κ2) is 13.3. The van der Waals surface area contributed by atoms with E-state index in [1.807, 2.05) is 48.6 Å². The number of hydrogen-bond donors (Lipinski definition) is 3. The topological polar surface area (TPSA) is 150 Å². The van der Waals surface area contributed by atoms with Crippen molar-refractivity contribution < 1.29 is 34.6 Å². The van der Waals surface area contributed by atoms with Crippen LogP contribution in [0.15, 0.2) is 53.1 Å². The molecule has 2 amide bonds. The molecular weight excluding hydrogens is 655 g/mol. The van der Waals surface area contributed by atoms with Crippen LogP contribution in [0, 0.1) is 31.4 Å². The van der Waals surface area contributed by atoms with Gasteiger partial charge in [0.15, 0.2) is 11.5 Å². The van der Waals surface area contributed by atoms with E-state index in [4.69, 9.17) is 4.74 Å². The van der Waals surface area contributed by atoms with Gasteiger partial charge < -0.3 is 20.1 Å². The summed E-state index contributed by atoms with van der Waals surface area (Å²) in [5.74, 6) is -2.83. The number of ether oxygens (including phenoxy) is 1. The number of nitro benzene ring substituents is 1. The van der Waals surface area contributed by atoms with Gasteiger partial charge in [-0.25, -0.2) is 4.90 Å². The molecule has 2 aromatic rings. The molecule has 1 aliphatic heterocycles. The number of phenolic OH excluding ortho intramolecular Hbond substituents is 1. The number of benzene rings is 2. The smallest absolute Gasteiger partial charge is 0.271 e. The molecule has 3 N–H and O–H groups in total. The molecule has 4 atom stereocenters. The number of amides is 2. The van der Waals surface area contributed by atoms with Gasteiger partial charge in [0.1, 0.15) is 0 Å². The fourth-order valence-electron chi connectivity index (χ4n) is 6.20. The number of anilines is 1. The molecule has 42 heavy (non-hydrogen) atoms. The summed E-state index contributed by atoms with van der Waals surface area (Å²) in [6, 6.07) is 9.01. The van der Waals surface area contributed by atoms with Gasteiger partial charge >= 0.3 is 0 Å². The zero-order valence-electron chi connectivity index (χ0n) is 23.7. The first kappa shape index (κ1) is 31.6. The maximum absolute atomic E-state index is 13.7. The maximum Gasteiger partial charge on any atom is 0.271 e. The second-order valence-electron chi connectivity index (χ2n) is 10.6. The molecular formula is C31H35IN2O8. The van der Waals surface area contributed by atoms with Crippen LogP contribution in [0.5, 0.6) is 11.5 Å². The first-order valence-electron chi connectivity index (χ1n) is 13.9. The highest BCUT2D eigenvalue weighted by Gasteiger charge is 2.55. The molecule has 11 heteroatoms.